The zero-order chi connectivity index (χ0) is 34.1. The number of allylic oxidation sites excluding steroid dienone is 1. The van der Waals surface area contributed by atoms with E-state index in [4.69, 9.17) is 14.2 Å². The standard InChI is InChI=1S/C38H65NO8/c1-23(2)9-7-10-24(3)28-13-14-29-27-12-11-25-21-26(15-17-36(25,4)30(27)16-18-37(28,29)5)46-35(44)39-19-8-20-45-34-32(42)31(41)33(43)38(6,22-40)47-34/h11,23-24,26-34,40-43H,7-10,12-22H2,1-6H3,(H,39,44)/t24?,26?,27?,28?,29?,30?,31?,32?,33-,34-,36-,37+,38?/m0/s1. The van der Waals surface area contributed by atoms with Crippen molar-refractivity contribution < 1.29 is 39.4 Å². The predicted molar refractivity (Wildman–Crippen MR) is 180 cm³/mol. The first-order valence-corrected chi connectivity index (χ1v) is 18.8. The Kier molecular flexibility index (Phi) is 11.8. The highest BCUT2D eigenvalue weighted by molar-refractivity contribution is 5.67. The van der Waals surface area contributed by atoms with E-state index in [2.05, 4.69) is 46.0 Å². The molecule has 0 aromatic carbocycles. The number of ether oxygens (including phenoxy) is 3. The van der Waals surface area contributed by atoms with Crippen LogP contribution in [0.5, 0.6) is 0 Å². The van der Waals surface area contributed by atoms with E-state index in [0.29, 0.717) is 18.4 Å². The van der Waals surface area contributed by atoms with Crippen molar-refractivity contribution in [1.29, 1.82) is 0 Å². The minimum absolute atomic E-state index is 0.117. The van der Waals surface area contributed by atoms with Crippen molar-refractivity contribution in [2.45, 2.75) is 155 Å². The summed E-state index contributed by atoms with van der Waals surface area (Å²) in [7, 11) is 0. The van der Waals surface area contributed by atoms with Gasteiger partial charge in [0.15, 0.2) is 6.29 Å². The molecule has 0 bridgehead atoms. The first kappa shape index (κ1) is 37.0. The summed E-state index contributed by atoms with van der Waals surface area (Å²) in [5.74, 6) is 4.84. The van der Waals surface area contributed by atoms with Crippen LogP contribution in [0.1, 0.15) is 119 Å². The van der Waals surface area contributed by atoms with Gasteiger partial charge in [0.2, 0.25) is 0 Å². The molecule has 4 fully saturated rings. The first-order chi connectivity index (χ1) is 22.2. The van der Waals surface area contributed by atoms with Gasteiger partial charge in [0.05, 0.1) is 13.2 Å². The van der Waals surface area contributed by atoms with E-state index in [0.717, 1.165) is 54.8 Å². The second kappa shape index (κ2) is 14.9. The summed E-state index contributed by atoms with van der Waals surface area (Å²) in [6, 6.07) is 0. The molecule has 9 heteroatoms. The molecule has 0 radical (unpaired) electrons. The third-order valence-corrected chi connectivity index (χ3v) is 13.7. The number of aliphatic hydroxyl groups excluding tert-OH is 4. The Hall–Kier alpha value is -1.23. The minimum atomic E-state index is -1.51. The summed E-state index contributed by atoms with van der Waals surface area (Å²) in [5.41, 5.74) is 0.750. The Morgan fingerprint density at radius 1 is 1.00 bits per heavy atom. The number of nitrogens with one attached hydrogen (secondary N) is 1. The van der Waals surface area contributed by atoms with Gasteiger partial charge in [-0.05, 0) is 105 Å². The molecule has 4 aliphatic carbocycles. The largest absolute Gasteiger partial charge is 0.446 e. The number of amides is 1. The molecular formula is C38H65NO8. The van der Waals surface area contributed by atoms with Gasteiger partial charge in [-0.15, -0.1) is 0 Å². The number of aliphatic hydroxyl groups is 4. The van der Waals surface area contributed by atoms with Crippen LogP contribution in [0.2, 0.25) is 0 Å². The fourth-order valence-corrected chi connectivity index (χ4v) is 10.8. The van der Waals surface area contributed by atoms with Crippen molar-refractivity contribution in [1.82, 2.24) is 5.32 Å². The molecule has 5 aliphatic rings. The monoisotopic (exact) mass is 663 g/mol. The van der Waals surface area contributed by atoms with Crippen molar-refractivity contribution >= 4 is 6.09 Å². The third kappa shape index (κ3) is 7.46. The molecule has 1 amide bonds. The lowest BCUT2D eigenvalue weighted by Crippen LogP contribution is -2.65. The van der Waals surface area contributed by atoms with Gasteiger partial charge in [-0.1, -0.05) is 65.5 Å². The topological polar surface area (TPSA) is 138 Å². The molecule has 9 unspecified atom stereocenters. The SMILES string of the molecule is CC(C)CCCC(C)C1CCC2C3CC=C4CC(OC(=O)NCCCO[C@H]5OC(C)(CO)[C@@H](O)C(O)C5O)CC[C@]4(C)C3CC[C@]12C. The van der Waals surface area contributed by atoms with Crippen molar-refractivity contribution in [3.05, 3.63) is 11.6 Å². The van der Waals surface area contributed by atoms with Crippen molar-refractivity contribution in [3.8, 4) is 0 Å². The van der Waals surface area contributed by atoms with Gasteiger partial charge in [-0.25, -0.2) is 4.79 Å². The first-order valence-electron chi connectivity index (χ1n) is 18.8. The van der Waals surface area contributed by atoms with Crippen LogP contribution in [0.25, 0.3) is 0 Å². The smallest absolute Gasteiger partial charge is 0.407 e. The van der Waals surface area contributed by atoms with Gasteiger partial charge in [0.25, 0.3) is 0 Å². The Morgan fingerprint density at radius 3 is 2.49 bits per heavy atom. The zero-order valence-corrected chi connectivity index (χ0v) is 30.0. The summed E-state index contributed by atoms with van der Waals surface area (Å²) in [6.07, 6.45) is 10.4. The molecule has 5 N–H and O–H groups in total. The van der Waals surface area contributed by atoms with Crippen LogP contribution in [0.15, 0.2) is 11.6 Å². The van der Waals surface area contributed by atoms with E-state index in [9.17, 15) is 25.2 Å². The molecule has 5 rings (SSSR count). The number of alkyl carbamates (subject to hydrolysis) is 1. The molecule has 270 valence electrons. The second-order valence-corrected chi connectivity index (χ2v) is 17.1. The number of rotatable bonds is 12. The summed E-state index contributed by atoms with van der Waals surface area (Å²) >= 11 is 0. The molecule has 9 nitrogen and oxygen atoms in total. The van der Waals surface area contributed by atoms with Gasteiger partial charge in [0, 0.05) is 13.0 Å². The highest BCUT2D eigenvalue weighted by Crippen LogP contribution is 2.67. The fourth-order valence-electron chi connectivity index (χ4n) is 10.8. The maximum atomic E-state index is 12.7. The van der Waals surface area contributed by atoms with Gasteiger partial charge in [0.1, 0.15) is 30.0 Å². The number of hydrogen-bond donors (Lipinski definition) is 5. The molecular weight excluding hydrogens is 598 g/mol. The van der Waals surface area contributed by atoms with Gasteiger partial charge >= 0.3 is 6.09 Å². The molecule has 0 aromatic rings. The van der Waals surface area contributed by atoms with E-state index in [-0.39, 0.29) is 18.1 Å². The van der Waals surface area contributed by atoms with E-state index in [1.807, 2.05) is 0 Å². The van der Waals surface area contributed by atoms with Gasteiger partial charge in [-0.2, -0.15) is 0 Å². The van der Waals surface area contributed by atoms with Gasteiger partial charge in [-0.3, -0.25) is 0 Å². The second-order valence-electron chi connectivity index (χ2n) is 17.1. The normalized spacial score (nSPS) is 43.8. The van der Waals surface area contributed by atoms with Crippen molar-refractivity contribution in [3.63, 3.8) is 0 Å². The van der Waals surface area contributed by atoms with Crippen LogP contribution < -0.4 is 5.32 Å². The summed E-state index contributed by atoms with van der Waals surface area (Å²) in [6.45, 7) is 13.8. The Morgan fingerprint density at radius 2 is 1.77 bits per heavy atom. The number of carbonyl (C=O) groups excluding carboxylic acids is 1. The van der Waals surface area contributed by atoms with Crippen LogP contribution in [0.3, 0.4) is 0 Å². The molecule has 0 spiro atoms. The molecule has 13 atom stereocenters. The Labute approximate surface area is 283 Å². The van der Waals surface area contributed by atoms with Crippen molar-refractivity contribution in [2.75, 3.05) is 19.8 Å². The van der Waals surface area contributed by atoms with E-state index < -0.39 is 42.9 Å². The minimum Gasteiger partial charge on any atom is -0.446 e. The van der Waals surface area contributed by atoms with Crippen LogP contribution in [-0.4, -0.2) is 82.6 Å². The molecule has 1 saturated heterocycles. The van der Waals surface area contributed by atoms with E-state index in [1.54, 1.807) is 0 Å². The molecule has 47 heavy (non-hydrogen) atoms. The highest BCUT2D eigenvalue weighted by Gasteiger charge is 2.59. The van der Waals surface area contributed by atoms with Crippen molar-refractivity contribution in [2.24, 2.45) is 46.3 Å². The van der Waals surface area contributed by atoms with E-state index >= 15 is 0 Å². The van der Waals surface area contributed by atoms with Crippen LogP contribution >= 0.6 is 0 Å². The maximum Gasteiger partial charge on any atom is 0.407 e. The summed E-state index contributed by atoms with van der Waals surface area (Å²) in [5, 5.41) is 42.8. The zero-order valence-electron chi connectivity index (χ0n) is 30.0. The predicted octanol–water partition coefficient (Wildman–Crippen LogP) is 5.72. The number of fused-ring (bicyclic) bond motifs is 5. The quantitative estimate of drug-likeness (QED) is 0.132. The summed E-state index contributed by atoms with van der Waals surface area (Å²) in [4.78, 5) is 12.7. The molecule has 3 saturated carbocycles. The lowest BCUT2D eigenvalue weighted by Gasteiger charge is -2.58. The molecule has 1 aliphatic heterocycles. The molecule has 1 heterocycles. The maximum absolute atomic E-state index is 12.7. The van der Waals surface area contributed by atoms with Crippen LogP contribution in [0.4, 0.5) is 4.79 Å². The van der Waals surface area contributed by atoms with E-state index in [1.165, 1.54) is 63.9 Å². The van der Waals surface area contributed by atoms with Gasteiger partial charge < -0.3 is 40.0 Å². The number of hydrogen-bond acceptors (Lipinski definition) is 8. The third-order valence-electron chi connectivity index (χ3n) is 13.7. The lowest BCUT2D eigenvalue weighted by atomic mass is 9.47. The Bertz CT molecular complexity index is 1100. The average Bonchev–Trinajstić information content (AvgIpc) is 3.39. The van der Waals surface area contributed by atoms with Crippen LogP contribution in [-0.2, 0) is 14.2 Å². The summed E-state index contributed by atoms with van der Waals surface area (Å²) < 4.78 is 17.0. The Balaban J connectivity index is 1.07. The lowest BCUT2D eigenvalue weighted by molar-refractivity contribution is -0.333. The molecule has 0 aromatic heterocycles. The number of carbonyl (C=O) groups is 1. The average molecular weight is 664 g/mol. The van der Waals surface area contributed by atoms with Crippen LogP contribution in [0, 0.1) is 46.3 Å². The fraction of sp³-hybridized carbons (Fsp3) is 0.921. The highest BCUT2D eigenvalue weighted by atomic mass is 16.7.